The van der Waals surface area contributed by atoms with Gasteiger partial charge in [-0.3, -0.25) is 9.59 Å². The summed E-state index contributed by atoms with van der Waals surface area (Å²) >= 11 is 0. The van der Waals surface area contributed by atoms with Crippen molar-refractivity contribution >= 4 is 11.8 Å². The second-order valence-corrected chi connectivity index (χ2v) is 6.00. The van der Waals surface area contributed by atoms with Crippen LogP contribution >= 0.6 is 0 Å². The fraction of sp³-hybridized carbons (Fsp3) is 0.500. The smallest absolute Gasteiger partial charge is 0.245 e. The molecule has 7 heteroatoms. The van der Waals surface area contributed by atoms with E-state index in [1.165, 1.54) is 17.0 Å². The highest BCUT2D eigenvalue weighted by Gasteiger charge is 2.30. The van der Waals surface area contributed by atoms with E-state index in [1.54, 1.807) is 19.0 Å². The Morgan fingerprint density at radius 1 is 1.39 bits per heavy atom. The van der Waals surface area contributed by atoms with Crippen molar-refractivity contribution in [2.24, 2.45) is 0 Å². The van der Waals surface area contributed by atoms with Gasteiger partial charge >= 0.3 is 0 Å². The monoisotopic (exact) mass is 325 g/mol. The second kappa shape index (κ2) is 7.50. The summed E-state index contributed by atoms with van der Waals surface area (Å²) in [6.07, 6.45) is 1.29. The summed E-state index contributed by atoms with van der Waals surface area (Å²) in [6, 6.07) is 2.73. The van der Waals surface area contributed by atoms with E-state index < -0.39 is 17.7 Å². The Balaban J connectivity index is 2.00. The van der Waals surface area contributed by atoms with Gasteiger partial charge in [-0.25, -0.2) is 8.78 Å². The number of hydrogen-bond donors (Lipinski definition) is 1. The predicted octanol–water partition coefficient (Wildman–Crippen LogP) is 1.13. The van der Waals surface area contributed by atoms with Gasteiger partial charge in [-0.2, -0.15) is 0 Å². The van der Waals surface area contributed by atoms with Crippen molar-refractivity contribution in [3.05, 3.63) is 35.4 Å². The number of halogens is 2. The van der Waals surface area contributed by atoms with Crippen LogP contribution in [0.4, 0.5) is 8.78 Å². The van der Waals surface area contributed by atoms with Gasteiger partial charge in [-0.1, -0.05) is 6.07 Å². The predicted molar refractivity (Wildman–Crippen MR) is 81.5 cm³/mol. The van der Waals surface area contributed by atoms with E-state index in [-0.39, 0.29) is 30.5 Å². The summed E-state index contributed by atoms with van der Waals surface area (Å²) < 4.78 is 26.7. The molecule has 0 aromatic heterocycles. The number of amides is 2. The van der Waals surface area contributed by atoms with Crippen molar-refractivity contribution in [3.8, 4) is 0 Å². The van der Waals surface area contributed by atoms with Gasteiger partial charge in [0.25, 0.3) is 0 Å². The number of likely N-dealkylation sites (N-methyl/N-ethyl adjacent to an activating group) is 1. The molecule has 5 nitrogen and oxygen atoms in total. The quantitative estimate of drug-likeness (QED) is 0.883. The molecule has 1 atom stereocenters. The van der Waals surface area contributed by atoms with E-state index in [9.17, 15) is 18.4 Å². The van der Waals surface area contributed by atoms with Crippen LogP contribution in [0.2, 0.25) is 0 Å². The Hall–Kier alpha value is -2.02. The Labute approximate surface area is 134 Å². The normalized spacial score (nSPS) is 18.4. The minimum atomic E-state index is -0.670. The molecule has 126 valence electrons. The number of nitrogens with zero attached hydrogens (tertiary/aromatic N) is 2. The summed E-state index contributed by atoms with van der Waals surface area (Å²) in [5.41, 5.74) is 0.264. The van der Waals surface area contributed by atoms with Gasteiger partial charge < -0.3 is 15.1 Å². The molecule has 2 amide bonds. The lowest BCUT2D eigenvalue weighted by Gasteiger charge is -2.33. The summed E-state index contributed by atoms with van der Waals surface area (Å²) in [6.45, 7) is 0.775. The average molecular weight is 325 g/mol. The topological polar surface area (TPSA) is 52.7 Å². The third-order valence-electron chi connectivity index (χ3n) is 3.70. The fourth-order valence-electron chi connectivity index (χ4n) is 2.61. The molecular weight excluding hydrogens is 304 g/mol. The Kier molecular flexibility index (Phi) is 5.65. The fourth-order valence-corrected chi connectivity index (χ4v) is 2.61. The first-order valence-corrected chi connectivity index (χ1v) is 7.53. The van der Waals surface area contributed by atoms with E-state index >= 15 is 0 Å². The number of piperidine rings is 1. The lowest BCUT2D eigenvalue weighted by Crippen LogP contribution is -2.53. The molecule has 1 aliphatic rings. The van der Waals surface area contributed by atoms with Gasteiger partial charge in [0.1, 0.15) is 17.7 Å². The number of likely N-dealkylation sites (tertiary alicyclic amines) is 1. The SMILES string of the molecule is CN(C)CC(=O)NC1CCCN(Cc2ccc(F)cc2F)C1=O. The van der Waals surface area contributed by atoms with E-state index in [0.717, 1.165) is 12.5 Å². The standard InChI is InChI=1S/C16H21F2N3O2/c1-20(2)10-15(22)19-14-4-3-7-21(16(14)23)9-11-5-6-12(17)8-13(11)18/h5-6,8,14H,3-4,7,9-10H2,1-2H3,(H,19,22). The van der Waals surface area contributed by atoms with Gasteiger partial charge in [0.2, 0.25) is 11.8 Å². The third-order valence-corrected chi connectivity index (χ3v) is 3.70. The van der Waals surface area contributed by atoms with E-state index in [0.29, 0.717) is 13.0 Å². The van der Waals surface area contributed by atoms with Crippen LogP contribution in [0.1, 0.15) is 18.4 Å². The van der Waals surface area contributed by atoms with Crippen LogP contribution in [0, 0.1) is 11.6 Å². The number of rotatable bonds is 5. The van der Waals surface area contributed by atoms with Gasteiger partial charge in [0, 0.05) is 24.7 Å². The summed E-state index contributed by atoms with van der Waals surface area (Å²) in [5.74, 6) is -1.77. The Morgan fingerprint density at radius 3 is 2.78 bits per heavy atom. The van der Waals surface area contributed by atoms with Crippen LogP contribution < -0.4 is 5.32 Å². The average Bonchev–Trinajstić information content (AvgIpc) is 2.45. The number of benzene rings is 1. The molecule has 1 saturated heterocycles. The van der Waals surface area contributed by atoms with Crippen LogP contribution in [0.25, 0.3) is 0 Å². The zero-order valence-electron chi connectivity index (χ0n) is 13.3. The summed E-state index contributed by atoms with van der Waals surface area (Å²) in [7, 11) is 3.54. The number of carbonyl (C=O) groups is 2. The maximum Gasteiger partial charge on any atom is 0.245 e. The first kappa shape index (κ1) is 17.3. The lowest BCUT2D eigenvalue weighted by molar-refractivity contribution is -0.139. The Morgan fingerprint density at radius 2 is 2.13 bits per heavy atom. The van der Waals surface area contributed by atoms with Crippen LogP contribution in [-0.4, -0.2) is 54.8 Å². The van der Waals surface area contributed by atoms with Crippen LogP contribution in [0.5, 0.6) is 0 Å². The minimum absolute atomic E-state index is 0.0744. The summed E-state index contributed by atoms with van der Waals surface area (Å²) in [5, 5.41) is 2.71. The molecule has 1 unspecified atom stereocenters. The molecule has 0 bridgehead atoms. The molecule has 1 aromatic rings. The molecule has 0 aliphatic carbocycles. The third kappa shape index (κ3) is 4.72. The lowest BCUT2D eigenvalue weighted by atomic mass is 10.0. The van der Waals surface area contributed by atoms with Crippen molar-refractivity contribution in [2.45, 2.75) is 25.4 Å². The number of nitrogens with one attached hydrogen (secondary N) is 1. The maximum atomic E-state index is 13.7. The van der Waals surface area contributed by atoms with Crippen LogP contribution in [0.15, 0.2) is 18.2 Å². The molecule has 0 spiro atoms. The highest BCUT2D eigenvalue weighted by molar-refractivity contribution is 5.88. The number of hydrogen-bond acceptors (Lipinski definition) is 3. The van der Waals surface area contributed by atoms with Gasteiger partial charge in [0.15, 0.2) is 0 Å². The molecule has 1 aromatic carbocycles. The second-order valence-electron chi connectivity index (χ2n) is 6.00. The molecule has 23 heavy (non-hydrogen) atoms. The van der Waals surface area contributed by atoms with Crippen molar-refractivity contribution < 1.29 is 18.4 Å². The highest BCUT2D eigenvalue weighted by Crippen LogP contribution is 2.17. The molecule has 1 fully saturated rings. The first-order chi connectivity index (χ1) is 10.9. The molecule has 2 rings (SSSR count). The molecule has 1 N–H and O–H groups in total. The van der Waals surface area contributed by atoms with E-state index in [1.807, 2.05) is 0 Å². The van der Waals surface area contributed by atoms with Crippen LogP contribution in [-0.2, 0) is 16.1 Å². The van der Waals surface area contributed by atoms with Crippen molar-refractivity contribution in [2.75, 3.05) is 27.2 Å². The molecule has 0 radical (unpaired) electrons. The molecular formula is C16H21F2N3O2. The zero-order valence-corrected chi connectivity index (χ0v) is 13.3. The first-order valence-electron chi connectivity index (χ1n) is 7.53. The van der Waals surface area contributed by atoms with E-state index in [2.05, 4.69) is 5.32 Å². The largest absolute Gasteiger partial charge is 0.343 e. The van der Waals surface area contributed by atoms with Gasteiger partial charge in [-0.15, -0.1) is 0 Å². The Bertz CT molecular complexity index is 593. The van der Waals surface area contributed by atoms with Crippen molar-refractivity contribution in [1.29, 1.82) is 0 Å². The molecule has 0 saturated carbocycles. The summed E-state index contributed by atoms with van der Waals surface area (Å²) in [4.78, 5) is 27.4. The molecule has 1 aliphatic heterocycles. The van der Waals surface area contributed by atoms with Crippen LogP contribution in [0.3, 0.4) is 0 Å². The van der Waals surface area contributed by atoms with Crippen molar-refractivity contribution in [3.63, 3.8) is 0 Å². The van der Waals surface area contributed by atoms with Crippen molar-refractivity contribution in [1.82, 2.24) is 15.1 Å². The highest BCUT2D eigenvalue weighted by atomic mass is 19.1. The van der Waals surface area contributed by atoms with Gasteiger partial charge in [-0.05, 0) is 33.0 Å². The molecule has 1 heterocycles. The maximum absolute atomic E-state index is 13.7. The van der Waals surface area contributed by atoms with E-state index in [4.69, 9.17) is 0 Å². The minimum Gasteiger partial charge on any atom is -0.343 e. The zero-order chi connectivity index (χ0) is 17.0. The van der Waals surface area contributed by atoms with Gasteiger partial charge in [0.05, 0.1) is 6.54 Å². The number of carbonyl (C=O) groups excluding carboxylic acids is 2.